The first kappa shape index (κ1) is 12.4. The Labute approximate surface area is 105 Å². The Morgan fingerprint density at radius 1 is 1.47 bits per heavy atom. The summed E-state index contributed by atoms with van der Waals surface area (Å²) in [7, 11) is 0. The van der Waals surface area contributed by atoms with Gasteiger partial charge in [0.1, 0.15) is 0 Å². The third-order valence-corrected chi connectivity index (χ3v) is 2.77. The molecule has 1 N–H and O–H groups in total. The van der Waals surface area contributed by atoms with Crippen molar-refractivity contribution in [3.05, 3.63) is 29.8 Å². The number of benzene rings is 1. The Bertz CT molecular complexity index is 391. The molecule has 1 aliphatic rings. The van der Waals surface area contributed by atoms with E-state index in [1.54, 1.807) is 0 Å². The molecule has 0 spiro atoms. The van der Waals surface area contributed by atoms with Crippen LogP contribution in [0.25, 0.3) is 0 Å². The molecule has 0 saturated carbocycles. The van der Waals surface area contributed by atoms with E-state index in [0.29, 0.717) is 25.7 Å². The van der Waals surface area contributed by atoms with Crippen LogP contribution in [-0.2, 0) is 20.1 Å². The molecule has 1 aliphatic heterocycles. The fourth-order valence-corrected chi connectivity index (χ4v) is 1.76. The van der Waals surface area contributed by atoms with Gasteiger partial charge < -0.3 is 14.8 Å². The summed E-state index contributed by atoms with van der Waals surface area (Å²) < 4.78 is 10.5. The maximum absolute atomic E-state index is 11.8. The third-order valence-electron chi connectivity index (χ3n) is 2.46. The number of anilines is 1. The van der Waals surface area contributed by atoms with Gasteiger partial charge in [0.05, 0.1) is 19.8 Å². The smallest absolute Gasteiger partial charge is 0.255 e. The average Bonchev–Trinajstić information content (AvgIpc) is 2.40. The molecular weight excluding hydrogens is 242 g/mol. The van der Waals surface area contributed by atoms with Crippen molar-refractivity contribution in [2.75, 3.05) is 25.1 Å². The standard InChI is InChI=1S/C12H14ClNO3/c13-7-9-2-1-3-10(6-9)14-12(15)11-8-16-4-5-17-11/h1-3,6,11H,4-5,7-8H2,(H,14,15). The highest BCUT2D eigenvalue weighted by Gasteiger charge is 2.22. The topological polar surface area (TPSA) is 47.6 Å². The van der Waals surface area contributed by atoms with E-state index in [1.807, 2.05) is 24.3 Å². The van der Waals surface area contributed by atoms with Gasteiger partial charge in [0.2, 0.25) is 0 Å². The number of amides is 1. The number of rotatable bonds is 3. The fourth-order valence-electron chi connectivity index (χ4n) is 1.59. The van der Waals surface area contributed by atoms with Crippen LogP contribution >= 0.6 is 11.6 Å². The lowest BCUT2D eigenvalue weighted by Gasteiger charge is -2.22. The molecule has 1 unspecified atom stereocenters. The lowest BCUT2D eigenvalue weighted by molar-refractivity contribution is -0.142. The Hall–Kier alpha value is -1.10. The van der Waals surface area contributed by atoms with Crippen molar-refractivity contribution in [3.8, 4) is 0 Å². The number of alkyl halides is 1. The van der Waals surface area contributed by atoms with Crippen molar-refractivity contribution in [3.63, 3.8) is 0 Å². The number of carbonyl (C=O) groups is 1. The summed E-state index contributed by atoms with van der Waals surface area (Å²) in [6, 6.07) is 7.42. The lowest BCUT2D eigenvalue weighted by atomic mass is 10.2. The summed E-state index contributed by atoms with van der Waals surface area (Å²) in [6.45, 7) is 1.31. The molecule has 0 radical (unpaired) electrons. The molecule has 17 heavy (non-hydrogen) atoms. The first-order valence-electron chi connectivity index (χ1n) is 5.44. The number of hydrogen-bond acceptors (Lipinski definition) is 3. The van der Waals surface area contributed by atoms with Crippen LogP contribution in [0.5, 0.6) is 0 Å². The van der Waals surface area contributed by atoms with Crippen molar-refractivity contribution < 1.29 is 14.3 Å². The van der Waals surface area contributed by atoms with Crippen LogP contribution in [0.3, 0.4) is 0 Å². The van der Waals surface area contributed by atoms with Gasteiger partial charge >= 0.3 is 0 Å². The van der Waals surface area contributed by atoms with Gasteiger partial charge in [-0.15, -0.1) is 11.6 Å². The highest BCUT2D eigenvalue weighted by molar-refractivity contribution is 6.17. The first-order chi connectivity index (χ1) is 8.29. The molecule has 0 aliphatic carbocycles. The zero-order valence-corrected chi connectivity index (χ0v) is 10.1. The second-order valence-electron chi connectivity index (χ2n) is 3.76. The predicted octanol–water partition coefficient (Wildman–Crippen LogP) is 1.78. The van der Waals surface area contributed by atoms with Crippen LogP contribution in [0.15, 0.2) is 24.3 Å². The zero-order chi connectivity index (χ0) is 12.1. The largest absolute Gasteiger partial charge is 0.376 e. The first-order valence-corrected chi connectivity index (χ1v) is 5.98. The Balaban J connectivity index is 1.96. The quantitative estimate of drug-likeness (QED) is 0.838. The highest BCUT2D eigenvalue weighted by atomic mass is 35.5. The van der Waals surface area contributed by atoms with E-state index in [9.17, 15) is 4.79 Å². The molecule has 2 rings (SSSR count). The summed E-state index contributed by atoms with van der Waals surface area (Å²) >= 11 is 5.73. The number of halogens is 1. The van der Waals surface area contributed by atoms with Crippen LogP contribution in [-0.4, -0.2) is 31.8 Å². The van der Waals surface area contributed by atoms with Crippen LogP contribution in [0.1, 0.15) is 5.56 Å². The maximum Gasteiger partial charge on any atom is 0.255 e. The normalized spacial score (nSPS) is 19.9. The minimum absolute atomic E-state index is 0.184. The molecule has 4 nitrogen and oxygen atoms in total. The Kier molecular flexibility index (Phi) is 4.36. The Morgan fingerprint density at radius 3 is 3.06 bits per heavy atom. The van der Waals surface area contributed by atoms with E-state index in [2.05, 4.69) is 5.32 Å². The van der Waals surface area contributed by atoms with Crippen LogP contribution < -0.4 is 5.32 Å². The lowest BCUT2D eigenvalue weighted by Crippen LogP contribution is -2.39. The van der Waals surface area contributed by atoms with Crippen LogP contribution in [0, 0.1) is 0 Å². The molecule has 1 amide bonds. The van der Waals surface area contributed by atoms with E-state index < -0.39 is 6.10 Å². The fraction of sp³-hybridized carbons (Fsp3) is 0.417. The van der Waals surface area contributed by atoms with Gasteiger partial charge in [-0.25, -0.2) is 0 Å². The summed E-state index contributed by atoms with van der Waals surface area (Å²) in [6.07, 6.45) is -0.525. The van der Waals surface area contributed by atoms with E-state index in [-0.39, 0.29) is 5.91 Å². The molecule has 0 bridgehead atoms. The second-order valence-corrected chi connectivity index (χ2v) is 4.02. The zero-order valence-electron chi connectivity index (χ0n) is 9.32. The molecular formula is C12H14ClNO3. The van der Waals surface area contributed by atoms with Crippen molar-refractivity contribution in [1.82, 2.24) is 0 Å². The number of hydrogen-bond donors (Lipinski definition) is 1. The van der Waals surface area contributed by atoms with Gasteiger partial charge in [-0.05, 0) is 17.7 Å². The summed E-state index contributed by atoms with van der Waals surface area (Å²) in [5.41, 5.74) is 1.69. The van der Waals surface area contributed by atoms with Crippen LogP contribution in [0.4, 0.5) is 5.69 Å². The third kappa shape index (κ3) is 3.43. The van der Waals surface area contributed by atoms with E-state index >= 15 is 0 Å². The van der Waals surface area contributed by atoms with Crippen molar-refractivity contribution in [1.29, 1.82) is 0 Å². The minimum atomic E-state index is -0.525. The summed E-state index contributed by atoms with van der Waals surface area (Å²) in [5, 5.41) is 2.78. The average molecular weight is 256 g/mol. The van der Waals surface area contributed by atoms with Gasteiger partial charge in [-0.3, -0.25) is 4.79 Å². The van der Waals surface area contributed by atoms with Crippen LogP contribution in [0.2, 0.25) is 0 Å². The van der Waals surface area contributed by atoms with Gasteiger partial charge in [0.15, 0.2) is 6.10 Å². The number of ether oxygens (including phenoxy) is 2. The summed E-state index contributed by atoms with van der Waals surface area (Å²) in [5.74, 6) is 0.239. The molecule has 5 heteroatoms. The van der Waals surface area contributed by atoms with Gasteiger partial charge in [-0.2, -0.15) is 0 Å². The second kappa shape index (κ2) is 6.00. The van der Waals surface area contributed by atoms with Crippen molar-refractivity contribution in [2.24, 2.45) is 0 Å². The van der Waals surface area contributed by atoms with Crippen molar-refractivity contribution in [2.45, 2.75) is 12.0 Å². The summed E-state index contributed by atoms with van der Waals surface area (Å²) in [4.78, 5) is 11.8. The molecule has 1 fully saturated rings. The highest BCUT2D eigenvalue weighted by Crippen LogP contribution is 2.13. The monoisotopic (exact) mass is 255 g/mol. The number of nitrogens with one attached hydrogen (secondary N) is 1. The maximum atomic E-state index is 11.8. The minimum Gasteiger partial charge on any atom is -0.376 e. The van der Waals surface area contributed by atoms with Gasteiger partial charge in [0, 0.05) is 11.6 Å². The van der Waals surface area contributed by atoms with E-state index in [0.717, 1.165) is 11.3 Å². The number of carbonyl (C=O) groups excluding carboxylic acids is 1. The predicted molar refractivity (Wildman–Crippen MR) is 65.2 cm³/mol. The van der Waals surface area contributed by atoms with E-state index in [4.69, 9.17) is 21.1 Å². The Morgan fingerprint density at radius 2 is 2.35 bits per heavy atom. The molecule has 1 saturated heterocycles. The SMILES string of the molecule is O=C(Nc1cccc(CCl)c1)C1COCCO1. The molecule has 0 aromatic heterocycles. The van der Waals surface area contributed by atoms with E-state index in [1.165, 1.54) is 0 Å². The van der Waals surface area contributed by atoms with Gasteiger partial charge in [-0.1, -0.05) is 12.1 Å². The molecule has 1 aromatic carbocycles. The molecule has 92 valence electrons. The van der Waals surface area contributed by atoms with Crippen molar-refractivity contribution >= 4 is 23.2 Å². The molecule has 1 aromatic rings. The molecule has 1 heterocycles. The molecule has 1 atom stereocenters. The van der Waals surface area contributed by atoms with Gasteiger partial charge in [0.25, 0.3) is 5.91 Å².